The van der Waals surface area contributed by atoms with Crippen molar-refractivity contribution in [3.05, 3.63) is 56.4 Å². The summed E-state index contributed by atoms with van der Waals surface area (Å²) in [5.41, 5.74) is -0.967. The van der Waals surface area contributed by atoms with Crippen LogP contribution in [0.5, 0.6) is 0 Å². The number of nitro benzene ring substituents is 2. The lowest BCUT2D eigenvalue weighted by molar-refractivity contribution is -0.394. The van der Waals surface area contributed by atoms with Crippen LogP contribution in [0.4, 0.5) is 17.1 Å². The zero-order valence-electron chi connectivity index (χ0n) is 11.8. The molecule has 0 aliphatic heterocycles. The van der Waals surface area contributed by atoms with E-state index in [4.69, 9.17) is 4.74 Å². The Hall–Kier alpha value is -3.34. The van der Waals surface area contributed by atoms with E-state index in [0.717, 1.165) is 18.2 Å². The number of carbonyl (C=O) groups is 1. The molecule has 0 atom stereocenters. The molecule has 1 heterocycles. The van der Waals surface area contributed by atoms with Crippen LogP contribution in [0.2, 0.25) is 0 Å². The predicted molar refractivity (Wildman–Crippen MR) is 76.9 cm³/mol. The van der Waals surface area contributed by atoms with Crippen LogP contribution in [0, 0.1) is 20.2 Å². The van der Waals surface area contributed by atoms with E-state index in [1.165, 1.54) is 24.2 Å². The van der Waals surface area contributed by atoms with Crippen LogP contribution in [0.1, 0.15) is 10.4 Å². The minimum Gasteiger partial charge on any atom is -0.362 e. The average Bonchev–Trinajstić information content (AvgIpc) is 2.94. The van der Waals surface area contributed by atoms with Gasteiger partial charge in [0, 0.05) is 19.2 Å². The van der Waals surface area contributed by atoms with Crippen LogP contribution in [0.3, 0.4) is 0 Å². The third-order valence-corrected chi connectivity index (χ3v) is 2.74. The number of anilines is 1. The second-order valence-electron chi connectivity index (χ2n) is 4.39. The summed E-state index contributed by atoms with van der Waals surface area (Å²) >= 11 is 0. The first-order chi connectivity index (χ1) is 10.9. The van der Waals surface area contributed by atoms with Crippen LogP contribution >= 0.6 is 0 Å². The fourth-order valence-electron chi connectivity index (χ4n) is 1.77. The van der Waals surface area contributed by atoms with Crippen LogP contribution in [-0.2, 0) is 11.5 Å². The SMILES string of the molecule is COCn1cc(NC(=O)c2cc([N+](=O)[O-])cc([N+](=O)[O-])c2)cn1. The Bertz CT molecular complexity index is 739. The molecule has 0 aliphatic rings. The second kappa shape index (κ2) is 6.62. The molecule has 0 spiro atoms. The highest BCUT2D eigenvalue weighted by Gasteiger charge is 2.20. The molecular weight excluding hydrogens is 310 g/mol. The molecule has 1 N–H and O–H groups in total. The molecule has 0 aliphatic carbocycles. The monoisotopic (exact) mass is 321 g/mol. The fraction of sp³-hybridized carbons (Fsp3) is 0.167. The van der Waals surface area contributed by atoms with Crippen LogP contribution in [-0.4, -0.2) is 32.6 Å². The van der Waals surface area contributed by atoms with Gasteiger partial charge in [-0.1, -0.05) is 0 Å². The van der Waals surface area contributed by atoms with E-state index >= 15 is 0 Å². The highest BCUT2D eigenvalue weighted by Crippen LogP contribution is 2.23. The molecule has 0 unspecified atom stereocenters. The van der Waals surface area contributed by atoms with Crippen molar-refractivity contribution in [2.24, 2.45) is 0 Å². The minimum absolute atomic E-state index is 0.179. The third kappa shape index (κ3) is 3.85. The largest absolute Gasteiger partial charge is 0.362 e. The number of hydrogen-bond acceptors (Lipinski definition) is 7. The van der Waals surface area contributed by atoms with Crippen molar-refractivity contribution in [1.29, 1.82) is 0 Å². The summed E-state index contributed by atoms with van der Waals surface area (Å²) in [6.45, 7) is 0.179. The van der Waals surface area contributed by atoms with Gasteiger partial charge in [0.25, 0.3) is 17.3 Å². The molecule has 120 valence electrons. The fourth-order valence-corrected chi connectivity index (χ4v) is 1.77. The maximum absolute atomic E-state index is 12.1. The highest BCUT2D eigenvalue weighted by molar-refractivity contribution is 6.05. The van der Waals surface area contributed by atoms with Crippen molar-refractivity contribution >= 4 is 23.0 Å². The Balaban J connectivity index is 2.26. The van der Waals surface area contributed by atoms with Gasteiger partial charge in [-0.25, -0.2) is 4.68 Å². The molecule has 0 radical (unpaired) electrons. The summed E-state index contributed by atoms with van der Waals surface area (Å²) in [6.07, 6.45) is 2.83. The van der Waals surface area contributed by atoms with Gasteiger partial charge in [-0.3, -0.25) is 25.0 Å². The van der Waals surface area contributed by atoms with Crippen LogP contribution in [0.15, 0.2) is 30.6 Å². The first-order valence-electron chi connectivity index (χ1n) is 6.17. The molecule has 0 bridgehead atoms. The predicted octanol–water partition coefficient (Wildman–Crippen LogP) is 1.56. The molecular formula is C12H11N5O6. The molecule has 0 saturated carbocycles. The van der Waals surface area contributed by atoms with Crippen molar-refractivity contribution in [2.45, 2.75) is 6.73 Å². The van der Waals surface area contributed by atoms with E-state index in [2.05, 4.69) is 10.4 Å². The summed E-state index contributed by atoms with van der Waals surface area (Å²) in [4.78, 5) is 32.1. The maximum atomic E-state index is 12.1. The lowest BCUT2D eigenvalue weighted by Gasteiger charge is -2.03. The number of benzene rings is 1. The lowest BCUT2D eigenvalue weighted by atomic mass is 10.1. The van der Waals surface area contributed by atoms with E-state index in [1.807, 2.05) is 0 Å². The molecule has 1 aromatic carbocycles. The Morgan fingerprint density at radius 3 is 2.39 bits per heavy atom. The van der Waals surface area contributed by atoms with Crippen molar-refractivity contribution in [3.8, 4) is 0 Å². The molecule has 2 aromatic rings. The lowest BCUT2D eigenvalue weighted by Crippen LogP contribution is -2.12. The van der Waals surface area contributed by atoms with Gasteiger partial charge < -0.3 is 10.1 Å². The molecule has 0 saturated heterocycles. The number of non-ortho nitro benzene ring substituents is 2. The number of nitrogens with one attached hydrogen (secondary N) is 1. The molecule has 23 heavy (non-hydrogen) atoms. The molecule has 11 nitrogen and oxygen atoms in total. The van der Waals surface area contributed by atoms with Crippen molar-refractivity contribution in [1.82, 2.24) is 9.78 Å². The number of rotatable bonds is 6. The van der Waals surface area contributed by atoms with E-state index in [9.17, 15) is 25.0 Å². The summed E-state index contributed by atoms with van der Waals surface area (Å²) < 4.78 is 6.26. The van der Waals surface area contributed by atoms with Crippen molar-refractivity contribution in [3.63, 3.8) is 0 Å². The normalized spacial score (nSPS) is 10.3. The topological polar surface area (TPSA) is 142 Å². The number of aromatic nitrogens is 2. The summed E-state index contributed by atoms with van der Waals surface area (Å²) in [7, 11) is 1.47. The number of hydrogen-bond donors (Lipinski definition) is 1. The van der Waals surface area contributed by atoms with Gasteiger partial charge in [0.2, 0.25) is 0 Å². The molecule has 0 fully saturated rings. The number of ether oxygens (including phenoxy) is 1. The Labute approximate surface area is 128 Å². The number of amides is 1. The Kier molecular flexibility index (Phi) is 4.61. The number of nitro groups is 2. The molecule has 1 aromatic heterocycles. The smallest absolute Gasteiger partial charge is 0.277 e. The zero-order chi connectivity index (χ0) is 17.0. The first kappa shape index (κ1) is 16.0. The second-order valence-corrected chi connectivity index (χ2v) is 4.39. The molecule has 11 heteroatoms. The van der Waals surface area contributed by atoms with E-state index in [-0.39, 0.29) is 12.3 Å². The van der Waals surface area contributed by atoms with E-state index in [1.54, 1.807) is 0 Å². The average molecular weight is 321 g/mol. The van der Waals surface area contributed by atoms with Gasteiger partial charge in [-0.05, 0) is 0 Å². The van der Waals surface area contributed by atoms with E-state index < -0.39 is 27.1 Å². The zero-order valence-corrected chi connectivity index (χ0v) is 11.8. The standard InChI is InChI=1S/C12H11N5O6/c1-23-7-15-6-9(5-13-15)14-12(18)8-2-10(16(19)20)4-11(3-8)17(21)22/h2-6H,7H2,1H3,(H,14,18). The molecule has 2 rings (SSSR count). The van der Waals surface area contributed by atoms with Gasteiger partial charge in [0.15, 0.2) is 0 Å². The maximum Gasteiger partial charge on any atom is 0.277 e. The van der Waals surface area contributed by atoms with Gasteiger partial charge in [-0.2, -0.15) is 5.10 Å². The van der Waals surface area contributed by atoms with Gasteiger partial charge >= 0.3 is 0 Å². The summed E-state index contributed by atoms with van der Waals surface area (Å²) in [6, 6.07) is 2.71. The van der Waals surface area contributed by atoms with E-state index in [0.29, 0.717) is 5.69 Å². The minimum atomic E-state index is -0.805. The Morgan fingerprint density at radius 2 is 1.87 bits per heavy atom. The van der Waals surface area contributed by atoms with Crippen LogP contribution in [0.25, 0.3) is 0 Å². The quantitative estimate of drug-likeness (QED) is 0.628. The number of methoxy groups -OCH3 is 1. The Morgan fingerprint density at radius 1 is 1.26 bits per heavy atom. The third-order valence-electron chi connectivity index (χ3n) is 2.74. The van der Waals surface area contributed by atoms with Gasteiger partial charge in [0.05, 0.1) is 39.6 Å². The van der Waals surface area contributed by atoms with Gasteiger partial charge in [-0.15, -0.1) is 0 Å². The van der Waals surface area contributed by atoms with Crippen molar-refractivity contribution < 1.29 is 19.4 Å². The highest BCUT2D eigenvalue weighted by atomic mass is 16.6. The van der Waals surface area contributed by atoms with Gasteiger partial charge in [0.1, 0.15) is 6.73 Å². The first-order valence-corrected chi connectivity index (χ1v) is 6.17. The summed E-state index contributed by atoms with van der Waals surface area (Å²) in [5.74, 6) is -0.728. The van der Waals surface area contributed by atoms with Crippen LogP contribution < -0.4 is 5.32 Å². The number of carbonyl (C=O) groups excluding carboxylic acids is 1. The number of nitrogens with zero attached hydrogens (tertiary/aromatic N) is 4. The van der Waals surface area contributed by atoms with Crippen molar-refractivity contribution in [2.75, 3.05) is 12.4 Å². The summed E-state index contributed by atoms with van der Waals surface area (Å²) in [5, 5.41) is 28.0. The molecule has 1 amide bonds.